The lowest BCUT2D eigenvalue weighted by Crippen LogP contribution is -2.08. The number of nitrogens with zero attached hydrogens (tertiary/aromatic N) is 4. The lowest BCUT2D eigenvalue weighted by Gasteiger charge is -2.06. The predicted molar refractivity (Wildman–Crippen MR) is 63.4 cm³/mol. The lowest BCUT2D eigenvalue weighted by atomic mass is 10.2. The van der Waals surface area contributed by atoms with Crippen molar-refractivity contribution in [2.75, 3.05) is 13.7 Å². The molecular weight excluding hydrogens is 237 g/mol. The molecule has 0 unspecified atom stereocenters. The second-order valence-electron chi connectivity index (χ2n) is 3.72. The van der Waals surface area contributed by atoms with Crippen molar-refractivity contribution in [2.45, 2.75) is 13.0 Å². The lowest BCUT2D eigenvalue weighted by molar-refractivity contribution is 0.386. The number of nitrogens with two attached hydrogens (primary N) is 1. The number of hydrogen-bond donors (Lipinski definition) is 1. The number of ether oxygens (including phenoxy) is 1. The molecule has 0 radical (unpaired) electrons. The fourth-order valence-electron chi connectivity index (χ4n) is 1.60. The van der Waals surface area contributed by atoms with Crippen molar-refractivity contribution >= 4 is 0 Å². The van der Waals surface area contributed by atoms with Crippen molar-refractivity contribution in [2.24, 2.45) is 5.73 Å². The molecule has 0 aliphatic rings. The molecule has 1 aromatic heterocycles. The third-order valence-corrected chi connectivity index (χ3v) is 2.52. The maximum atomic E-state index is 13.3. The summed E-state index contributed by atoms with van der Waals surface area (Å²) in [4.78, 5) is 0. The fourth-order valence-corrected chi connectivity index (χ4v) is 1.60. The summed E-state index contributed by atoms with van der Waals surface area (Å²) in [7, 11) is 1.42. The molecule has 0 fully saturated rings. The molecule has 1 aromatic carbocycles. The summed E-state index contributed by atoms with van der Waals surface area (Å²) in [6.07, 6.45) is 0.774. The first kappa shape index (κ1) is 12.4. The van der Waals surface area contributed by atoms with Crippen LogP contribution in [0.15, 0.2) is 18.2 Å². The first-order chi connectivity index (χ1) is 8.76. The minimum absolute atomic E-state index is 0.167. The average molecular weight is 251 g/mol. The number of aromatic nitrogens is 4. The summed E-state index contributed by atoms with van der Waals surface area (Å²) in [5, 5.41) is 11.4. The number of halogens is 1. The number of methoxy groups -OCH3 is 1. The van der Waals surface area contributed by atoms with Gasteiger partial charge in [-0.25, -0.2) is 9.07 Å². The molecule has 0 atom stereocenters. The topological polar surface area (TPSA) is 78.9 Å². The van der Waals surface area contributed by atoms with Crippen molar-refractivity contribution in [1.82, 2.24) is 20.2 Å². The van der Waals surface area contributed by atoms with Crippen LogP contribution in [-0.2, 0) is 6.54 Å². The van der Waals surface area contributed by atoms with Gasteiger partial charge < -0.3 is 10.5 Å². The van der Waals surface area contributed by atoms with Crippen molar-refractivity contribution < 1.29 is 9.13 Å². The molecule has 6 nitrogen and oxygen atoms in total. The zero-order valence-electron chi connectivity index (χ0n) is 10.0. The SMILES string of the molecule is COc1cc(-c2nnnn2CCCN)ccc1F. The normalized spacial score (nSPS) is 10.6. The van der Waals surface area contributed by atoms with Gasteiger partial charge >= 0.3 is 0 Å². The molecule has 96 valence electrons. The van der Waals surface area contributed by atoms with Gasteiger partial charge in [0, 0.05) is 12.1 Å². The highest BCUT2D eigenvalue weighted by atomic mass is 19.1. The first-order valence-electron chi connectivity index (χ1n) is 5.56. The Morgan fingerprint density at radius 3 is 3.00 bits per heavy atom. The van der Waals surface area contributed by atoms with Crippen LogP contribution in [-0.4, -0.2) is 33.9 Å². The largest absolute Gasteiger partial charge is 0.494 e. The van der Waals surface area contributed by atoms with Crippen LogP contribution in [0.3, 0.4) is 0 Å². The van der Waals surface area contributed by atoms with Crippen molar-refractivity contribution in [3.63, 3.8) is 0 Å². The third kappa shape index (κ3) is 2.45. The Morgan fingerprint density at radius 2 is 2.28 bits per heavy atom. The molecule has 0 spiro atoms. The molecule has 0 saturated heterocycles. The van der Waals surface area contributed by atoms with Gasteiger partial charge in [0.15, 0.2) is 17.4 Å². The van der Waals surface area contributed by atoms with Crippen molar-refractivity contribution in [3.8, 4) is 17.1 Å². The second kappa shape index (κ2) is 5.54. The van der Waals surface area contributed by atoms with Crippen molar-refractivity contribution in [3.05, 3.63) is 24.0 Å². The molecule has 0 aliphatic carbocycles. The van der Waals surface area contributed by atoms with Crippen LogP contribution >= 0.6 is 0 Å². The molecule has 2 aromatic rings. The highest BCUT2D eigenvalue weighted by molar-refractivity contribution is 5.57. The third-order valence-electron chi connectivity index (χ3n) is 2.52. The molecule has 1 heterocycles. The van der Waals surface area contributed by atoms with E-state index in [1.54, 1.807) is 16.8 Å². The van der Waals surface area contributed by atoms with Gasteiger partial charge in [-0.2, -0.15) is 0 Å². The standard InChI is InChI=1S/C11H14FN5O/c1-18-10-7-8(3-4-9(10)12)11-14-15-16-17(11)6-2-5-13/h3-4,7H,2,5-6,13H2,1H3. The van der Waals surface area contributed by atoms with Crippen molar-refractivity contribution in [1.29, 1.82) is 0 Å². The van der Waals surface area contributed by atoms with E-state index in [0.29, 0.717) is 24.5 Å². The predicted octanol–water partition coefficient (Wildman–Crippen LogP) is 0.837. The van der Waals surface area contributed by atoms with Gasteiger partial charge in [-0.15, -0.1) is 5.10 Å². The quantitative estimate of drug-likeness (QED) is 0.851. The Kier molecular flexibility index (Phi) is 3.83. The van der Waals surface area contributed by atoms with E-state index >= 15 is 0 Å². The van der Waals surface area contributed by atoms with E-state index in [1.165, 1.54) is 13.2 Å². The number of aryl methyl sites for hydroxylation is 1. The highest BCUT2D eigenvalue weighted by Gasteiger charge is 2.11. The molecule has 2 rings (SSSR count). The summed E-state index contributed by atoms with van der Waals surface area (Å²) in [5.74, 6) is 0.324. The summed E-state index contributed by atoms with van der Waals surface area (Å²) in [6.45, 7) is 1.19. The van der Waals surface area contributed by atoms with E-state index in [-0.39, 0.29) is 5.75 Å². The van der Waals surface area contributed by atoms with Gasteiger partial charge in [0.25, 0.3) is 0 Å². The first-order valence-corrected chi connectivity index (χ1v) is 5.56. The Morgan fingerprint density at radius 1 is 1.44 bits per heavy atom. The maximum absolute atomic E-state index is 13.3. The molecule has 0 saturated carbocycles. The molecule has 18 heavy (non-hydrogen) atoms. The summed E-state index contributed by atoms with van der Waals surface area (Å²) < 4.78 is 19.9. The van der Waals surface area contributed by atoms with Crippen LogP contribution in [0.4, 0.5) is 4.39 Å². The fraction of sp³-hybridized carbons (Fsp3) is 0.364. The summed E-state index contributed by atoms with van der Waals surface area (Å²) in [5.41, 5.74) is 6.15. The van der Waals surface area contributed by atoms with Gasteiger partial charge in [-0.3, -0.25) is 0 Å². The van der Waals surface area contributed by atoms with Gasteiger partial charge in [0.1, 0.15) is 0 Å². The highest BCUT2D eigenvalue weighted by Crippen LogP contribution is 2.24. The number of rotatable bonds is 5. The van der Waals surface area contributed by atoms with Gasteiger partial charge in [-0.05, 0) is 41.6 Å². The molecule has 0 bridgehead atoms. The van der Waals surface area contributed by atoms with E-state index in [9.17, 15) is 4.39 Å². The Balaban J connectivity index is 2.33. The summed E-state index contributed by atoms with van der Waals surface area (Å²) in [6, 6.07) is 4.51. The van der Waals surface area contributed by atoms with E-state index in [0.717, 1.165) is 6.42 Å². The number of hydrogen-bond acceptors (Lipinski definition) is 5. The number of benzene rings is 1. The van der Waals surface area contributed by atoms with Gasteiger partial charge in [0.05, 0.1) is 7.11 Å². The smallest absolute Gasteiger partial charge is 0.182 e. The van der Waals surface area contributed by atoms with Crippen LogP contribution in [0, 0.1) is 5.82 Å². The Labute approximate surface area is 104 Å². The minimum Gasteiger partial charge on any atom is -0.494 e. The molecular formula is C11H14FN5O. The van der Waals surface area contributed by atoms with Gasteiger partial charge in [-0.1, -0.05) is 0 Å². The van der Waals surface area contributed by atoms with Crippen LogP contribution in [0.2, 0.25) is 0 Å². The average Bonchev–Trinajstić information content (AvgIpc) is 2.85. The van der Waals surface area contributed by atoms with Crippen LogP contribution in [0.1, 0.15) is 6.42 Å². The zero-order valence-corrected chi connectivity index (χ0v) is 10.0. The van der Waals surface area contributed by atoms with E-state index in [2.05, 4.69) is 15.5 Å². The van der Waals surface area contributed by atoms with E-state index in [4.69, 9.17) is 10.5 Å². The number of tetrazole rings is 1. The van der Waals surface area contributed by atoms with E-state index < -0.39 is 5.82 Å². The Hall–Kier alpha value is -2.02. The monoisotopic (exact) mass is 251 g/mol. The van der Waals surface area contributed by atoms with E-state index in [1.807, 2.05) is 0 Å². The molecule has 0 amide bonds. The molecule has 2 N–H and O–H groups in total. The Bertz CT molecular complexity index is 528. The molecule has 0 aliphatic heterocycles. The van der Waals surface area contributed by atoms with Crippen LogP contribution in [0.25, 0.3) is 11.4 Å². The van der Waals surface area contributed by atoms with Crippen LogP contribution in [0.5, 0.6) is 5.75 Å². The van der Waals surface area contributed by atoms with Gasteiger partial charge in [0.2, 0.25) is 0 Å². The molecule has 7 heteroatoms. The maximum Gasteiger partial charge on any atom is 0.182 e. The summed E-state index contributed by atoms with van der Waals surface area (Å²) >= 11 is 0. The van der Waals surface area contributed by atoms with Crippen LogP contribution < -0.4 is 10.5 Å². The minimum atomic E-state index is -0.415. The second-order valence-corrected chi connectivity index (χ2v) is 3.72. The zero-order chi connectivity index (χ0) is 13.0.